The summed E-state index contributed by atoms with van der Waals surface area (Å²) in [6.07, 6.45) is -1.12. The molecule has 0 unspecified atom stereocenters. The normalized spacial score (nSPS) is 17.1. The Kier molecular flexibility index (Phi) is 9.32. The highest BCUT2D eigenvalue weighted by Crippen LogP contribution is 2.30. The number of alkyl halides is 3. The second-order valence-corrected chi connectivity index (χ2v) is 6.92. The second kappa shape index (κ2) is 10.5. The number of guanidine groups is 1. The Morgan fingerprint density at radius 1 is 1.33 bits per heavy atom. The summed E-state index contributed by atoms with van der Waals surface area (Å²) in [6, 6.07) is 0.808. The summed E-state index contributed by atoms with van der Waals surface area (Å²) < 4.78 is 40.3. The molecule has 156 valence electrons. The van der Waals surface area contributed by atoms with Crippen LogP contribution in [0.15, 0.2) is 11.2 Å². The van der Waals surface area contributed by atoms with Gasteiger partial charge in [-0.05, 0) is 33.6 Å². The second-order valence-electron chi connectivity index (χ2n) is 6.92. The van der Waals surface area contributed by atoms with Crippen molar-refractivity contribution in [1.29, 1.82) is 0 Å². The van der Waals surface area contributed by atoms with Crippen LogP contribution in [-0.2, 0) is 19.8 Å². The fourth-order valence-electron chi connectivity index (χ4n) is 3.13. The van der Waals surface area contributed by atoms with Gasteiger partial charge in [0.25, 0.3) is 0 Å². The van der Waals surface area contributed by atoms with Crippen molar-refractivity contribution in [2.24, 2.45) is 12.0 Å². The number of nitrogens with one attached hydrogen (secondary N) is 2. The highest BCUT2D eigenvalue weighted by Gasteiger charge is 2.36. The monoisotopic (exact) mass is 502 g/mol. The average Bonchev–Trinajstić information content (AvgIpc) is 2.94. The van der Waals surface area contributed by atoms with Crippen molar-refractivity contribution in [3.8, 4) is 0 Å². The molecule has 1 aliphatic rings. The number of hydrogen-bond acceptors (Lipinski definition) is 3. The number of aliphatic imine (C=N–C) groups is 1. The highest BCUT2D eigenvalue weighted by atomic mass is 127. The molecule has 2 heterocycles. The fraction of sp³-hybridized carbons (Fsp3) is 0.765. The Labute approximate surface area is 176 Å². The molecule has 1 aliphatic heterocycles. The Balaban J connectivity index is 0.00000364. The Morgan fingerprint density at radius 2 is 1.96 bits per heavy atom. The summed E-state index contributed by atoms with van der Waals surface area (Å²) in [5, 5.41) is 9.99. The molecule has 10 heteroatoms. The maximum absolute atomic E-state index is 13.0. The van der Waals surface area contributed by atoms with Gasteiger partial charge < -0.3 is 15.5 Å². The minimum Gasteiger partial charge on any atom is -0.357 e. The van der Waals surface area contributed by atoms with Crippen LogP contribution in [0.2, 0.25) is 0 Å². The van der Waals surface area contributed by atoms with E-state index in [-0.39, 0.29) is 42.1 Å². The van der Waals surface area contributed by atoms with Crippen LogP contribution < -0.4 is 10.6 Å². The van der Waals surface area contributed by atoms with E-state index < -0.39 is 11.9 Å². The van der Waals surface area contributed by atoms with E-state index in [1.165, 1.54) is 17.9 Å². The molecule has 6 nitrogen and oxygen atoms in total. The maximum atomic E-state index is 13.0. The molecule has 0 radical (unpaired) electrons. The maximum Gasteiger partial charge on any atom is 0.435 e. The van der Waals surface area contributed by atoms with Gasteiger partial charge in [0.1, 0.15) is 0 Å². The van der Waals surface area contributed by atoms with Gasteiger partial charge in [0, 0.05) is 50.5 Å². The van der Waals surface area contributed by atoms with E-state index in [4.69, 9.17) is 0 Å². The standard InChI is InChI=1S/C17H29F3N6.HI/c1-5-21-16(23-14-6-8-26(9-7-14)12(2)3)22-10-13-11-25(4)24-15(13)17(18,19)20;/h11-12,14H,5-10H2,1-4H3,(H2,21,22,23);1H. The lowest BCUT2D eigenvalue weighted by Gasteiger charge is -2.35. The van der Waals surface area contributed by atoms with Crippen LogP contribution in [0.25, 0.3) is 0 Å². The lowest BCUT2D eigenvalue weighted by molar-refractivity contribution is -0.142. The van der Waals surface area contributed by atoms with Crippen molar-refractivity contribution >= 4 is 29.9 Å². The zero-order chi connectivity index (χ0) is 19.3. The van der Waals surface area contributed by atoms with Crippen molar-refractivity contribution in [3.05, 3.63) is 17.5 Å². The number of aromatic nitrogens is 2. The lowest BCUT2D eigenvalue weighted by atomic mass is 10.0. The van der Waals surface area contributed by atoms with Gasteiger partial charge in [-0.3, -0.25) is 4.68 Å². The third-order valence-corrected chi connectivity index (χ3v) is 4.53. The Hall–Kier alpha value is -1.04. The van der Waals surface area contributed by atoms with Gasteiger partial charge in [0.05, 0.1) is 6.54 Å². The van der Waals surface area contributed by atoms with Gasteiger partial charge in [-0.25, -0.2) is 4.99 Å². The van der Waals surface area contributed by atoms with Crippen molar-refractivity contribution in [2.75, 3.05) is 19.6 Å². The molecular formula is C17H30F3IN6. The number of rotatable bonds is 5. The molecule has 1 saturated heterocycles. The molecule has 0 aliphatic carbocycles. The number of likely N-dealkylation sites (tertiary alicyclic amines) is 1. The predicted octanol–water partition coefficient (Wildman–Crippen LogP) is 2.98. The highest BCUT2D eigenvalue weighted by molar-refractivity contribution is 14.0. The summed E-state index contributed by atoms with van der Waals surface area (Å²) in [6.45, 7) is 8.91. The first kappa shape index (κ1) is 24.0. The number of halogens is 4. The lowest BCUT2D eigenvalue weighted by Crippen LogP contribution is -2.49. The number of nitrogens with zero attached hydrogens (tertiary/aromatic N) is 4. The van der Waals surface area contributed by atoms with Crippen molar-refractivity contribution < 1.29 is 13.2 Å². The van der Waals surface area contributed by atoms with E-state index in [0.29, 0.717) is 18.5 Å². The van der Waals surface area contributed by atoms with Gasteiger partial charge in [-0.15, -0.1) is 24.0 Å². The first-order chi connectivity index (χ1) is 12.2. The van der Waals surface area contributed by atoms with Crippen molar-refractivity contribution in [2.45, 2.75) is 58.4 Å². The van der Waals surface area contributed by atoms with Gasteiger partial charge in [0.2, 0.25) is 0 Å². The van der Waals surface area contributed by atoms with E-state index >= 15 is 0 Å². The molecule has 0 atom stereocenters. The van der Waals surface area contributed by atoms with Gasteiger partial charge in [-0.1, -0.05) is 0 Å². The van der Waals surface area contributed by atoms with Crippen LogP contribution in [0.3, 0.4) is 0 Å². The topological polar surface area (TPSA) is 57.5 Å². The summed E-state index contributed by atoms with van der Waals surface area (Å²) >= 11 is 0. The van der Waals surface area contributed by atoms with Crippen LogP contribution in [0.5, 0.6) is 0 Å². The summed E-state index contributed by atoms with van der Waals surface area (Å²) in [4.78, 5) is 6.77. The molecule has 1 aromatic rings. The van der Waals surface area contributed by atoms with Crippen molar-refractivity contribution in [3.63, 3.8) is 0 Å². The predicted molar refractivity (Wildman–Crippen MR) is 111 cm³/mol. The molecule has 1 fully saturated rings. The molecule has 0 saturated carbocycles. The van der Waals surface area contributed by atoms with Crippen LogP contribution in [-0.4, -0.2) is 52.4 Å². The first-order valence-electron chi connectivity index (χ1n) is 9.09. The largest absolute Gasteiger partial charge is 0.435 e. The van der Waals surface area contributed by atoms with Crippen LogP contribution in [0.4, 0.5) is 13.2 Å². The van der Waals surface area contributed by atoms with Gasteiger partial charge >= 0.3 is 6.18 Å². The summed E-state index contributed by atoms with van der Waals surface area (Å²) in [5.41, 5.74) is -0.795. The van der Waals surface area contributed by atoms with Crippen LogP contribution in [0, 0.1) is 0 Å². The third kappa shape index (κ3) is 7.13. The van der Waals surface area contributed by atoms with Crippen LogP contribution in [0.1, 0.15) is 44.9 Å². The number of hydrogen-bond donors (Lipinski definition) is 2. The van der Waals surface area contributed by atoms with E-state index in [1.807, 2.05) is 6.92 Å². The molecule has 27 heavy (non-hydrogen) atoms. The molecule has 2 rings (SSSR count). The molecule has 0 bridgehead atoms. The van der Waals surface area contributed by atoms with E-state index in [0.717, 1.165) is 25.9 Å². The zero-order valence-corrected chi connectivity index (χ0v) is 18.6. The number of piperidine rings is 1. The van der Waals surface area contributed by atoms with E-state index in [1.54, 1.807) is 0 Å². The molecule has 0 amide bonds. The minimum atomic E-state index is -4.47. The molecule has 0 spiro atoms. The molecular weight excluding hydrogens is 472 g/mol. The first-order valence-corrected chi connectivity index (χ1v) is 9.09. The fourth-order valence-corrected chi connectivity index (χ4v) is 3.13. The smallest absolute Gasteiger partial charge is 0.357 e. The van der Waals surface area contributed by atoms with E-state index in [2.05, 4.69) is 39.5 Å². The number of aryl methyl sites for hydroxylation is 1. The van der Waals surface area contributed by atoms with Crippen LogP contribution >= 0.6 is 24.0 Å². The SMILES string of the molecule is CCNC(=NCc1cn(C)nc1C(F)(F)F)NC1CCN(C(C)C)CC1.I. The Morgan fingerprint density at radius 3 is 2.48 bits per heavy atom. The minimum absolute atomic E-state index is 0. The van der Waals surface area contributed by atoms with Gasteiger partial charge in [-0.2, -0.15) is 18.3 Å². The molecule has 1 aromatic heterocycles. The summed E-state index contributed by atoms with van der Waals surface area (Å²) in [5.74, 6) is 0.549. The van der Waals surface area contributed by atoms with Gasteiger partial charge in [0.15, 0.2) is 11.7 Å². The Bertz CT molecular complexity index is 606. The third-order valence-electron chi connectivity index (χ3n) is 4.53. The summed E-state index contributed by atoms with van der Waals surface area (Å²) in [7, 11) is 1.48. The average molecular weight is 502 g/mol. The molecule has 0 aromatic carbocycles. The quantitative estimate of drug-likeness (QED) is 0.370. The van der Waals surface area contributed by atoms with Crippen molar-refractivity contribution in [1.82, 2.24) is 25.3 Å². The zero-order valence-electron chi connectivity index (χ0n) is 16.3. The van der Waals surface area contributed by atoms with E-state index in [9.17, 15) is 13.2 Å². The molecule has 2 N–H and O–H groups in total.